The molecule has 0 spiro atoms. The number of hydrogen-bond donors (Lipinski definition) is 1. The van der Waals surface area contributed by atoms with Gasteiger partial charge in [0.05, 0.1) is 11.9 Å². The molecule has 118 valence electrons. The molecule has 2 aromatic rings. The molecule has 6 heteroatoms. The predicted molar refractivity (Wildman–Crippen MR) is 94.4 cm³/mol. The van der Waals surface area contributed by atoms with Crippen LogP contribution in [0.3, 0.4) is 0 Å². The predicted octanol–water partition coefficient (Wildman–Crippen LogP) is 4.33. The minimum Gasteiger partial charge on any atom is -0.493 e. The molecule has 0 saturated heterocycles. The quantitative estimate of drug-likeness (QED) is 0.465. The monoisotopic (exact) mass is 336 g/mol. The summed E-state index contributed by atoms with van der Waals surface area (Å²) in [6, 6.07) is 8.07. The molecular formula is C16H20N2O2S2. The van der Waals surface area contributed by atoms with Gasteiger partial charge in [0.25, 0.3) is 0 Å². The number of benzene rings is 1. The van der Waals surface area contributed by atoms with Crippen LogP contribution in [0, 0.1) is 3.95 Å². The van der Waals surface area contributed by atoms with Gasteiger partial charge in [0.2, 0.25) is 5.88 Å². The largest absolute Gasteiger partial charge is 0.493 e. The van der Waals surface area contributed by atoms with E-state index in [1.165, 1.54) is 16.9 Å². The van der Waals surface area contributed by atoms with Gasteiger partial charge in [-0.2, -0.15) is 0 Å². The molecule has 1 N–H and O–H groups in total. The van der Waals surface area contributed by atoms with Crippen molar-refractivity contribution in [2.24, 2.45) is 4.99 Å². The molecule has 0 amide bonds. The number of ether oxygens (including phenoxy) is 1. The zero-order valence-corrected chi connectivity index (χ0v) is 14.4. The SMILES string of the molecule is CCc1ccc(N=Cc2sc(=S)n(CCCOC)c2O)cc1. The number of rotatable bonds is 7. The topological polar surface area (TPSA) is 46.8 Å². The number of aromatic hydroxyl groups is 1. The van der Waals surface area contributed by atoms with E-state index in [1.54, 1.807) is 17.9 Å². The Morgan fingerprint density at radius 1 is 1.36 bits per heavy atom. The molecule has 22 heavy (non-hydrogen) atoms. The summed E-state index contributed by atoms with van der Waals surface area (Å²) in [6.45, 7) is 3.41. The number of methoxy groups -OCH3 is 1. The lowest BCUT2D eigenvalue weighted by atomic mass is 10.1. The van der Waals surface area contributed by atoms with Gasteiger partial charge in [-0.3, -0.25) is 9.56 Å². The lowest BCUT2D eigenvalue weighted by Crippen LogP contribution is -2.00. The Kier molecular flexibility index (Phi) is 6.30. The number of aryl methyl sites for hydroxylation is 1. The summed E-state index contributed by atoms with van der Waals surface area (Å²) < 4.78 is 7.39. The van der Waals surface area contributed by atoms with E-state index in [0.29, 0.717) is 22.0 Å². The molecule has 0 aliphatic rings. The van der Waals surface area contributed by atoms with Crippen LogP contribution in [-0.2, 0) is 17.7 Å². The summed E-state index contributed by atoms with van der Waals surface area (Å²) in [5.41, 5.74) is 2.14. The van der Waals surface area contributed by atoms with Crippen molar-refractivity contribution in [3.05, 3.63) is 38.7 Å². The van der Waals surface area contributed by atoms with Crippen LogP contribution in [0.2, 0.25) is 0 Å². The van der Waals surface area contributed by atoms with Crippen LogP contribution in [-0.4, -0.2) is 29.6 Å². The lowest BCUT2D eigenvalue weighted by Gasteiger charge is -2.03. The Hall–Kier alpha value is -1.50. The van der Waals surface area contributed by atoms with Crippen LogP contribution >= 0.6 is 23.6 Å². The van der Waals surface area contributed by atoms with Crippen LogP contribution in [0.4, 0.5) is 5.69 Å². The second-order valence-electron chi connectivity index (χ2n) is 4.83. The smallest absolute Gasteiger partial charge is 0.212 e. The highest BCUT2D eigenvalue weighted by atomic mass is 32.1. The van der Waals surface area contributed by atoms with Gasteiger partial charge >= 0.3 is 0 Å². The number of aromatic nitrogens is 1. The molecule has 0 fully saturated rings. The molecule has 1 aromatic heterocycles. The molecule has 2 rings (SSSR count). The third-order valence-corrected chi connectivity index (χ3v) is 4.67. The molecule has 0 aliphatic carbocycles. The summed E-state index contributed by atoms with van der Waals surface area (Å²) >= 11 is 6.66. The van der Waals surface area contributed by atoms with Gasteiger partial charge in [-0.15, -0.1) is 0 Å². The first-order valence-electron chi connectivity index (χ1n) is 7.20. The number of nitrogens with zero attached hydrogens (tertiary/aromatic N) is 2. The normalized spacial score (nSPS) is 11.4. The Bertz CT molecular complexity index is 687. The minimum absolute atomic E-state index is 0.181. The maximum absolute atomic E-state index is 10.2. The van der Waals surface area contributed by atoms with E-state index in [4.69, 9.17) is 17.0 Å². The lowest BCUT2D eigenvalue weighted by molar-refractivity contribution is 0.189. The van der Waals surface area contributed by atoms with Gasteiger partial charge in [0, 0.05) is 20.3 Å². The molecule has 0 aliphatic heterocycles. The fourth-order valence-corrected chi connectivity index (χ4v) is 3.24. The Morgan fingerprint density at radius 3 is 2.73 bits per heavy atom. The highest BCUT2D eigenvalue weighted by molar-refractivity contribution is 7.73. The van der Waals surface area contributed by atoms with Crippen molar-refractivity contribution >= 4 is 35.5 Å². The minimum atomic E-state index is 0.181. The molecule has 0 bridgehead atoms. The van der Waals surface area contributed by atoms with Crippen LogP contribution < -0.4 is 0 Å². The third-order valence-electron chi connectivity index (χ3n) is 3.30. The number of hydrogen-bond acceptors (Lipinski definition) is 5. The molecule has 4 nitrogen and oxygen atoms in total. The van der Waals surface area contributed by atoms with Crippen molar-refractivity contribution in [3.63, 3.8) is 0 Å². The van der Waals surface area contributed by atoms with Crippen molar-refractivity contribution in [1.29, 1.82) is 0 Å². The molecular weight excluding hydrogens is 316 g/mol. The van der Waals surface area contributed by atoms with Gasteiger partial charge in [-0.05, 0) is 42.8 Å². The number of thiazole rings is 1. The molecule has 1 heterocycles. The van der Waals surface area contributed by atoms with Crippen LogP contribution in [0.1, 0.15) is 23.8 Å². The van der Waals surface area contributed by atoms with Crippen molar-refractivity contribution in [3.8, 4) is 5.88 Å². The maximum Gasteiger partial charge on any atom is 0.212 e. The molecule has 1 aromatic carbocycles. The van der Waals surface area contributed by atoms with E-state index in [9.17, 15) is 5.11 Å². The Balaban J connectivity index is 2.13. The van der Waals surface area contributed by atoms with Gasteiger partial charge in [0.1, 0.15) is 4.88 Å². The summed E-state index contributed by atoms with van der Waals surface area (Å²) in [5, 5.41) is 10.2. The first-order chi connectivity index (χ1) is 10.7. The summed E-state index contributed by atoms with van der Waals surface area (Å²) in [6.07, 6.45) is 3.49. The molecule has 0 radical (unpaired) electrons. The first-order valence-corrected chi connectivity index (χ1v) is 8.42. The van der Waals surface area contributed by atoms with Crippen molar-refractivity contribution < 1.29 is 9.84 Å². The fraction of sp³-hybridized carbons (Fsp3) is 0.375. The third kappa shape index (κ3) is 4.25. The van der Waals surface area contributed by atoms with Gasteiger partial charge in [0.15, 0.2) is 3.95 Å². The van der Waals surface area contributed by atoms with E-state index in [1.807, 2.05) is 12.1 Å². The van der Waals surface area contributed by atoms with Crippen molar-refractivity contribution in [2.75, 3.05) is 13.7 Å². The Morgan fingerprint density at radius 2 is 2.09 bits per heavy atom. The van der Waals surface area contributed by atoms with Gasteiger partial charge < -0.3 is 9.84 Å². The summed E-state index contributed by atoms with van der Waals surface area (Å²) in [4.78, 5) is 5.09. The first kappa shape index (κ1) is 16.9. The summed E-state index contributed by atoms with van der Waals surface area (Å²) in [5.74, 6) is 0.181. The van der Waals surface area contributed by atoms with Crippen LogP contribution in [0.25, 0.3) is 0 Å². The van der Waals surface area contributed by atoms with Crippen molar-refractivity contribution in [2.45, 2.75) is 26.3 Å². The van der Waals surface area contributed by atoms with Gasteiger partial charge in [-0.25, -0.2) is 0 Å². The van der Waals surface area contributed by atoms with E-state index >= 15 is 0 Å². The van der Waals surface area contributed by atoms with Crippen LogP contribution in [0.15, 0.2) is 29.3 Å². The maximum atomic E-state index is 10.2. The standard InChI is InChI=1S/C16H20N2O2S2/c1-3-12-5-7-13(8-6-12)17-11-14-15(19)18(16(21)22-14)9-4-10-20-2/h5-8,11,19H,3-4,9-10H2,1-2H3. The average molecular weight is 336 g/mol. The Labute approximate surface area is 139 Å². The molecule has 0 saturated carbocycles. The fourth-order valence-electron chi connectivity index (χ4n) is 2.01. The number of aliphatic imine (C=N–C) groups is 1. The molecule has 0 atom stereocenters. The van der Waals surface area contributed by atoms with Gasteiger partial charge in [-0.1, -0.05) is 30.4 Å². The van der Waals surface area contributed by atoms with Crippen LogP contribution in [0.5, 0.6) is 5.88 Å². The van der Waals surface area contributed by atoms with Crippen molar-refractivity contribution in [1.82, 2.24) is 4.57 Å². The molecule has 0 unspecified atom stereocenters. The zero-order chi connectivity index (χ0) is 15.9. The van der Waals surface area contributed by atoms with E-state index in [0.717, 1.165) is 18.5 Å². The van der Waals surface area contributed by atoms with E-state index in [-0.39, 0.29) is 5.88 Å². The summed E-state index contributed by atoms with van der Waals surface area (Å²) in [7, 11) is 1.66. The zero-order valence-electron chi connectivity index (χ0n) is 12.8. The van der Waals surface area contributed by atoms with E-state index < -0.39 is 0 Å². The highest BCUT2D eigenvalue weighted by Crippen LogP contribution is 2.25. The second-order valence-corrected chi connectivity index (χ2v) is 6.51. The average Bonchev–Trinajstić information content (AvgIpc) is 2.81. The highest BCUT2D eigenvalue weighted by Gasteiger charge is 2.09. The second kappa shape index (κ2) is 8.22. The van der Waals surface area contributed by atoms with E-state index in [2.05, 4.69) is 24.0 Å².